The molecule has 0 unspecified atom stereocenters. The number of rotatable bonds is 2. The molecule has 6 nitrogen and oxygen atoms in total. The highest BCUT2D eigenvalue weighted by Crippen LogP contribution is 2.28. The third-order valence-corrected chi connectivity index (χ3v) is 2.49. The van der Waals surface area contributed by atoms with Crippen molar-refractivity contribution < 1.29 is 9.31 Å². The largest absolute Gasteiger partial charge is 0.296 e. The van der Waals surface area contributed by atoms with Crippen LogP contribution in [0.1, 0.15) is 0 Å². The summed E-state index contributed by atoms with van der Waals surface area (Å²) in [6, 6.07) is 2.11. The first-order valence-electron chi connectivity index (χ1n) is 4.08. The monoisotopic (exact) mass is 286 g/mol. The van der Waals surface area contributed by atoms with Gasteiger partial charge in [-0.1, -0.05) is 0 Å². The van der Waals surface area contributed by atoms with E-state index in [1.54, 1.807) is 0 Å². The molecule has 0 aliphatic rings. The van der Waals surface area contributed by atoms with Gasteiger partial charge in [0.2, 0.25) is 0 Å². The summed E-state index contributed by atoms with van der Waals surface area (Å²) in [5.74, 6) is -0.601. The highest BCUT2D eigenvalue weighted by molar-refractivity contribution is 9.10. The Kier molecular flexibility index (Phi) is 2.65. The van der Waals surface area contributed by atoms with Crippen LogP contribution in [0.4, 0.5) is 10.1 Å². The lowest BCUT2D eigenvalue weighted by Gasteiger charge is -2.03. The molecular formula is C8H4BrFN4O2. The minimum Gasteiger partial charge on any atom is -0.258 e. The van der Waals surface area contributed by atoms with Crippen molar-refractivity contribution in [3.05, 3.63) is 45.2 Å². The van der Waals surface area contributed by atoms with Gasteiger partial charge < -0.3 is 0 Å². The van der Waals surface area contributed by atoms with Crippen molar-refractivity contribution in [2.75, 3.05) is 0 Å². The Bertz CT molecular complexity index is 543. The molecule has 0 saturated heterocycles. The zero-order chi connectivity index (χ0) is 11.7. The lowest BCUT2D eigenvalue weighted by Crippen LogP contribution is -2.01. The molecule has 16 heavy (non-hydrogen) atoms. The highest BCUT2D eigenvalue weighted by Gasteiger charge is 2.19. The molecule has 0 atom stereocenters. The van der Waals surface area contributed by atoms with Gasteiger partial charge in [0.25, 0.3) is 5.69 Å². The number of nitrogens with zero attached hydrogens (tertiary/aromatic N) is 4. The van der Waals surface area contributed by atoms with Gasteiger partial charge in [-0.25, -0.2) is 14.1 Å². The molecule has 0 aliphatic carbocycles. The summed E-state index contributed by atoms with van der Waals surface area (Å²) in [6.07, 6.45) is 2.47. The van der Waals surface area contributed by atoms with Crippen LogP contribution in [0.25, 0.3) is 5.69 Å². The molecule has 2 rings (SSSR count). The summed E-state index contributed by atoms with van der Waals surface area (Å²) < 4.78 is 14.4. The molecule has 0 aliphatic heterocycles. The minimum atomic E-state index is -0.610. The van der Waals surface area contributed by atoms with Gasteiger partial charge in [-0.05, 0) is 15.9 Å². The lowest BCUT2D eigenvalue weighted by atomic mass is 10.2. The zero-order valence-electron chi connectivity index (χ0n) is 7.67. The predicted octanol–water partition coefficient (Wildman–Crippen LogP) is 2.08. The van der Waals surface area contributed by atoms with Crippen molar-refractivity contribution in [2.24, 2.45) is 0 Å². The summed E-state index contributed by atoms with van der Waals surface area (Å²) in [5.41, 5.74) is -0.220. The summed E-state index contributed by atoms with van der Waals surface area (Å²) in [7, 11) is 0. The van der Waals surface area contributed by atoms with E-state index in [9.17, 15) is 14.5 Å². The molecule has 1 heterocycles. The topological polar surface area (TPSA) is 73.8 Å². The number of hydrogen-bond acceptors (Lipinski definition) is 4. The van der Waals surface area contributed by atoms with Crippen molar-refractivity contribution >= 4 is 21.6 Å². The van der Waals surface area contributed by atoms with Crippen molar-refractivity contribution in [1.29, 1.82) is 0 Å². The molecule has 0 radical (unpaired) electrons. The smallest absolute Gasteiger partial charge is 0.258 e. The summed E-state index contributed by atoms with van der Waals surface area (Å²) >= 11 is 2.89. The van der Waals surface area contributed by atoms with Gasteiger partial charge in [0.1, 0.15) is 24.2 Å². The van der Waals surface area contributed by atoms with E-state index in [4.69, 9.17) is 0 Å². The van der Waals surface area contributed by atoms with Crippen molar-refractivity contribution in [3.63, 3.8) is 0 Å². The molecule has 82 valence electrons. The number of benzene rings is 1. The fourth-order valence-corrected chi connectivity index (χ4v) is 1.52. The summed E-state index contributed by atoms with van der Waals surface area (Å²) in [6.45, 7) is 0. The van der Waals surface area contributed by atoms with Crippen LogP contribution in [0.3, 0.4) is 0 Å². The van der Waals surface area contributed by atoms with E-state index < -0.39 is 10.7 Å². The van der Waals surface area contributed by atoms with Crippen molar-refractivity contribution in [2.45, 2.75) is 0 Å². The van der Waals surface area contributed by atoms with Gasteiger partial charge in [-0.2, -0.15) is 5.10 Å². The van der Waals surface area contributed by atoms with Crippen molar-refractivity contribution in [1.82, 2.24) is 14.8 Å². The van der Waals surface area contributed by atoms with Crippen LogP contribution in [-0.4, -0.2) is 19.7 Å². The molecule has 1 aromatic heterocycles. The average Bonchev–Trinajstić information content (AvgIpc) is 2.74. The number of halogens is 2. The second-order valence-electron chi connectivity index (χ2n) is 2.85. The molecule has 0 N–H and O–H groups in total. The van der Waals surface area contributed by atoms with Gasteiger partial charge in [-0.15, -0.1) is 0 Å². The minimum absolute atomic E-state index is 0.0306. The highest BCUT2D eigenvalue weighted by atomic mass is 79.9. The standard InChI is InChI=1S/C8H4BrFN4O2/c9-5-1-8(14(15)16)7(2-6(5)10)13-4-11-3-12-13/h1-4H. The van der Waals surface area contributed by atoms with Crippen LogP contribution in [-0.2, 0) is 0 Å². The number of hydrogen-bond donors (Lipinski definition) is 0. The molecule has 0 saturated carbocycles. The maximum atomic E-state index is 13.3. The predicted molar refractivity (Wildman–Crippen MR) is 55.7 cm³/mol. The van der Waals surface area contributed by atoms with Crippen LogP contribution in [0, 0.1) is 15.9 Å². The normalized spacial score (nSPS) is 10.4. The zero-order valence-corrected chi connectivity index (χ0v) is 9.26. The summed E-state index contributed by atoms with van der Waals surface area (Å²) in [4.78, 5) is 13.8. The maximum Gasteiger partial charge on any atom is 0.296 e. The van der Waals surface area contributed by atoms with Gasteiger partial charge in [-0.3, -0.25) is 10.1 Å². The van der Waals surface area contributed by atoms with Crippen LogP contribution < -0.4 is 0 Å². The Hall–Kier alpha value is -1.83. The van der Waals surface area contributed by atoms with Crippen LogP contribution >= 0.6 is 15.9 Å². The third kappa shape index (κ3) is 1.78. The van der Waals surface area contributed by atoms with E-state index in [1.807, 2.05) is 0 Å². The van der Waals surface area contributed by atoms with E-state index in [0.717, 1.165) is 16.8 Å². The number of nitro benzene ring substituents is 1. The van der Waals surface area contributed by atoms with Gasteiger partial charge >= 0.3 is 0 Å². The Morgan fingerprint density at radius 3 is 2.81 bits per heavy atom. The molecule has 1 aromatic carbocycles. The number of nitro groups is 1. The third-order valence-electron chi connectivity index (χ3n) is 1.88. The second-order valence-corrected chi connectivity index (χ2v) is 3.71. The van der Waals surface area contributed by atoms with Gasteiger partial charge in [0, 0.05) is 12.1 Å². The average molecular weight is 287 g/mol. The van der Waals surface area contributed by atoms with Crippen LogP contribution in [0.5, 0.6) is 0 Å². The van der Waals surface area contributed by atoms with Gasteiger partial charge in [0.05, 0.1) is 9.40 Å². The Balaban J connectivity index is 2.68. The molecule has 0 spiro atoms. The molecule has 0 fully saturated rings. The lowest BCUT2D eigenvalue weighted by molar-refractivity contribution is -0.384. The Labute approximate surface area is 97.0 Å². The van der Waals surface area contributed by atoms with Gasteiger partial charge in [0.15, 0.2) is 0 Å². The quantitative estimate of drug-likeness (QED) is 0.626. The van der Waals surface area contributed by atoms with E-state index in [1.165, 1.54) is 12.7 Å². The second kappa shape index (κ2) is 3.97. The van der Waals surface area contributed by atoms with E-state index in [-0.39, 0.29) is 15.8 Å². The van der Waals surface area contributed by atoms with Crippen LogP contribution in [0.15, 0.2) is 29.3 Å². The van der Waals surface area contributed by atoms with E-state index in [2.05, 4.69) is 26.0 Å². The Morgan fingerprint density at radius 2 is 2.25 bits per heavy atom. The fraction of sp³-hybridized carbons (Fsp3) is 0. The molecular weight excluding hydrogens is 283 g/mol. The van der Waals surface area contributed by atoms with E-state index in [0.29, 0.717) is 0 Å². The number of aromatic nitrogens is 3. The molecule has 2 aromatic rings. The molecule has 0 bridgehead atoms. The fourth-order valence-electron chi connectivity index (χ4n) is 1.19. The molecule has 0 amide bonds. The maximum absolute atomic E-state index is 13.3. The van der Waals surface area contributed by atoms with Crippen LogP contribution in [0.2, 0.25) is 0 Å². The SMILES string of the molecule is O=[N+]([O-])c1cc(Br)c(F)cc1-n1cncn1. The van der Waals surface area contributed by atoms with E-state index >= 15 is 0 Å². The van der Waals surface area contributed by atoms with Crippen molar-refractivity contribution in [3.8, 4) is 5.69 Å². The molecule has 8 heteroatoms. The first-order valence-corrected chi connectivity index (χ1v) is 4.87. The Morgan fingerprint density at radius 1 is 1.50 bits per heavy atom. The summed E-state index contributed by atoms with van der Waals surface area (Å²) in [5, 5.41) is 14.5. The first-order chi connectivity index (χ1) is 7.59. The first kappa shape index (κ1) is 10.7.